The lowest BCUT2D eigenvalue weighted by molar-refractivity contribution is -0.134. The summed E-state index contributed by atoms with van der Waals surface area (Å²) in [6.07, 6.45) is 5.06. The molecule has 7 heteroatoms. The molecule has 2 aromatic heterocycles. The largest absolute Gasteiger partial charge is 0.494 e. The first-order valence-electron chi connectivity index (χ1n) is 11.3. The molecule has 1 aromatic carbocycles. The number of carbonyl (C=O) groups is 1. The van der Waals surface area contributed by atoms with Crippen LogP contribution in [0, 0.1) is 20.8 Å². The summed E-state index contributed by atoms with van der Waals surface area (Å²) in [6.45, 7) is 9.08. The van der Waals surface area contributed by atoms with Gasteiger partial charge in [0.2, 0.25) is 5.91 Å². The Labute approximate surface area is 188 Å². The van der Waals surface area contributed by atoms with Crippen LogP contribution in [-0.4, -0.2) is 39.1 Å². The molecule has 0 saturated carbocycles. The zero-order valence-electron chi connectivity index (χ0n) is 19.2. The van der Waals surface area contributed by atoms with E-state index in [-0.39, 0.29) is 11.9 Å². The van der Waals surface area contributed by atoms with Gasteiger partial charge < -0.3 is 14.2 Å². The van der Waals surface area contributed by atoms with Gasteiger partial charge in [0.1, 0.15) is 11.6 Å². The fourth-order valence-corrected chi connectivity index (χ4v) is 4.24. The Balaban J connectivity index is 1.63. The number of piperidine rings is 1. The van der Waals surface area contributed by atoms with Crippen molar-refractivity contribution in [3.05, 3.63) is 58.8 Å². The van der Waals surface area contributed by atoms with Crippen LogP contribution in [0.25, 0.3) is 11.3 Å². The van der Waals surface area contributed by atoms with Crippen molar-refractivity contribution in [1.82, 2.24) is 20.0 Å². The van der Waals surface area contributed by atoms with Gasteiger partial charge in [0.05, 0.1) is 36.0 Å². The SMILES string of the molecule is CCOc1ccc(CC(=O)N2CCCCC2c2nc(C)ncc2-c2onc(C)c2C)cc1. The predicted octanol–water partition coefficient (Wildman–Crippen LogP) is 4.75. The molecular formula is C25H30N4O3. The van der Waals surface area contributed by atoms with Crippen LogP contribution >= 0.6 is 0 Å². The van der Waals surface area contributed by atoms with Gasteiger partial charge in [-0.3, -0.25) is 4.79 Å². The number of carbonyl (C=O) groups excluding carboxylic acids is 1. The van der Waals surface area contributed by atoms with Gasteiger partial charge >= 0.3 is 0 Å². The fraction of sp³-hybridized carbons (Fsp3) is 0.440. The molecule has 0 radical (unpaired) electrons. The van der Waals surface area contributed by atoms with Gasteiger partial charge in [0, 0.05) is 18.3 Å². The van der Waals surface area contributed by atoms with Crippen molar-refractivity contribution in [2.24, 2.45) is 0 Å². The van der Waals surface area contributed by atoms with Crippen LogP contribution in [0.15, 0.2) is 35.0 Å². The topological polar surface area (TPSA) is 81.4 Å². The summed E-state index contributed by atoms with van der Waals surface area (Å²) < 4.78 is 11.1. The Bertz CT molecular complexity index is 1090. The van der Waals surface area contributed by atoms with E-state index in [1.165, 1.54) is 0 Å². The van der Waals surface area contributed by atoms with Gasteiger partial charge in [0.15, 0.2) is 5.76 Å². The second kappa shape index (κ2) is 9.51. The molecule has 3 aromatic rings. The van der Waals surface area contributed by atoms with Gasteiger partial charge in [-0.05, 0) is 64.7 Å². The summed E-state index contributed by atoms with van der Waals surface area (Å²) in [5.74, 6) is 2.29. The Kier molecular flexibility index (Phi) is 6.53. The number of aromatic nitrogens is 3. The molecule has 3 heterocycles. The molecule has 4 rings (SSSR count). The third-order valence-corrected chi connectivity index (χ3v) is 6.07. The summed E-state index contributed by atoms with van der Waals surface area (Å²) in [5.41, 5.74) is 4.46. The normalized spacial score (nSPS) is 16.2. The molecule has 32 heavy (non-hydrogen) atoms. The standard InChI is InChI=1S/C25H30N4O3/c1-5-31-20-11-9-19(10-12-20)14-23(30)29-13-7-6-8-22(29)24-21(15-26-18(4)27-24)25-16(2)17(3)28-32-25/h9-12,15,22H,5-8,13-14H2,1-4H3. The number of hydrogen-bond donors (Lipinski definition) is 0. The smallest absolute Gasteiger partial charge is 0.227 e. The van der Waals surface area contributed by atoms with Gasteiger partial charge in [-0.15, -0.1) is 0 Å². The zero-order valence-corrected chi connectivity index (χ0v) is 19.2. The minimum atomic E-state index is -0.111. The molecule has 1 unspecified atom stereocenters. The van der Waals surface area contributed by atoms with Crippen molar-refractivity contribution in [3.63, 3.8) is 0 Å². The quantitative estimate of drug-likeness (QED) is 0.557. The predicted molar refractivity (Wildman–Crippen MR) is 121 cm³/mol. The lowest BCUT2D eigenvalue weighted by atomic mass is 9.94. The number of aryl methyl sites for hydroxylation is 2. The number of ether oxygens (including phenoxy) is 1. The highest BCUT2D eigenvalue weighted by Crippen LogP contribution is 2.37. The van der Waals surface area contributed by atoms with E-state index in [9.17, 15) is 4.79 Å². The van der Waals surface area contributed by atoms with E-state index in [1.807, 2.05) is 56.9 Å². The number of nitrogens with zero attached hydrogens (tertiary/aromatic N) is 4. The van der Waals surface area contributed by atoms with E-state index in [4.69, 9.17) is 14.2 Å². The summed E-state index contributed by atoms with van der Waals surface area (Å²) >= 11 is 0. The maximum Gasteiger partial charge on any atom is 0.227 e. The van der Waals surface area contributed by atoms with Gasteiger partial charge in [-0.25, -0.2) is 9.97 Å². The number of benzene rings is 1. The Morgan fingerprint density at radius 3 is 2.66 bits per heavy atom. The summed E-state index contributed by atoms with van der Waals surface area (Å²) in [4.78, 5) is 24.6. The molecular weight excluding hydrogens is 404 g/mol. The molecule has 168 valence electrons. The lowest BCUT2D eigenvalue weighted by Crippen LogP contribution is -2.40. The first-order valence-corrected chi connectivity index (χ1v) is 11.3. The van der Waals surface area contributed by atoms with Crippen molar-refractivity contribution < 1.29 is 14.1 Å². The average Bonchev–Trinajstić information content (AvgIpc) is 3.13. The van der Waals surface area contributed by atoms with Crippen molar-refractivity contribution in [2.75, 3.05) is 13.2 Å². The van der Waals surface area contributed by atoms with Crippen LogP contribution in [0.3, 0.4) is 0 Å². The van der Waals surface area contributed by atoms with Gasteiger partial charge in [-0.1, -0.05) is 17.3 Å². The van der Waals surface area contributed by atoms with Crippen LogP contribution in [-0.2, 0) is 11.2 Å². The molecule has 1 amide bonds. The van der Waals surface area contributed by atoms with Crippen LogP contribution < -0.4 is 4.74 Å². The highest BCUT2D eigenvalue weighted by Gasteiger charge is 2.32. The van der Waals surface area contributed by atoms with Crippen LogP contribution in [0.1, 0.15) is 60.6 Å². The molecule has 1 aliphatic rings. The first kappa shape index (κ1) is 22.0. The van der Waals surface area contributed by atoms with Gasteiger partial charge in [0.25, 0.3) is 0 Å². The number of hydrogen-bond acceptors (Lipinski definition) is 6. The minimum absolute atomic E-state index is 0.103. The molecule has 0 spiro atoms. The van der Waals surface area contributed by atoms with E-state index in [0.29, 0.717) is 24.6 Å². The Morgan fingerprint density at radius 1 is 1.19 bits per heavy atom. The lowest BCUT2D eigenvalue weighted by Gasteiger charge is -2.36. The van der Waals surface area contributed by atoms with Crippen molar-refractivity contribution in [2.45, 2.75) is 59.4 Å². The van der Waals surface area contributed by atoms with Crippen molar-refractivity contribution in [1.29, 1.82) is 0 Å². The van der Waals surface area contributed by atoms with E-state index in [1.54, 1.807) is 6.20 Å². The second-order valence-electron chi connectivity index (χ2n) is 8.29. The number of rotatable bonds is 6. The summed E-state index contributed by atoms with van der Waals surface area (Å²) in [7, 11) is 0. The van der Waals surface area contributed by atoms with Crippen LogP contribution in [0.4, 0.5) is 0 Å². The molecule has 7 nitrogen and oxygen atoms in total. The molecule has 0 bridgehead atoms. The van der Waals surface area contributed by atoms with Crippen LogP contribution in [0.2, 0.25) is 0 Å². The van der Waals surface area contributed by atoms with E-state index < -0.39 is 0 Å². The zero-order chi connectivity index (χ0) is 22.7. The van der Waals surface area contributed by atoms with Crippen LogP contribution in [0.5, 0.6) is 5.75 Å². The third kappa shape index (κ3) is 4.52. The summed E-state index contributed by atoms with van der Waals surface area (Å²) in [6, 6.07) is 7.65. The molecule has 0 aliphatic carbocycles. The van der Waals surface area contributed by atoms with Gasteiger partial charge in [-0.2, -0.15) is 0 Å². The molecule has 0 N–H and O–H groups in total. The summed E-state index contributed by atoms with van der Waals surface area (Å²) in [5, 5.41) is 4.11. The Hall–Kier alpha value is -3.22. The average molecular weight is 435 g/mol. The fourth-order valence-electron chi connectivity index (χ4n) is 4.24. The highest BCUT2D eigenvalue weighted by molar-refractivity contribution is 5.80. The van der Waals surface area contributed by atoms with Crippen molar-refractivity contribution in [3.8, 4) is 17.1 Å². The molecule has 1 aliphatic heterocycles. The Morgan fingerprint density at radius 2 is 1.97 bits per heavy atom. The third-order valence-electron chi connectivity index (χ3n) is 6.07. The highest BCUT2D eigenvalue weighted by atomic mass is 16.5. The number of amides is 1. The molecule has 1 saturated heterocycles. The van der Waals surface area contributed by atoms with E-state index in [2.05, 4.69) is 10.1 Å². The first-order chi connectivity index (χ1) is 15.5. The second-order valence-corrected chi connectivity index (χ2v) is 8.29. The maximum atomic E-state index is 13.4. The number of likely N-dealkylation sites (tertiary alicyclic amines) is 1. The monoisotopic (exact) mass is 434 g/mol. The van der Waals surface area contributed by atoms with E-state index >= 15 is 0 Å². The van der Waals surface area contributed by atoms with E-state index in [0.717, 1.165) is 59.6 Å². The molecule has 1 fully saturated rings. The maximum absolute atomic E-state index is 13.4. The van der Waals surface area contributed by atoms with Crippen molar-refractivity contribution >= 4 is 5.91 Å². The molecule has 1 atom stereocenters. The minimum Gasteiger partial charge on any atom is -0.494 e.